The number of aryl methyl sites for hydroxylation is 1. The third-order valence-electron chi connectivity index (χ3n) is 6.10. The Balaban J connectivity index is 1.38. The van der Waals surface area contributed by atoms with Crippen molar-refractivity contribution >= 4 is 22.8 Å². The van der Waals surface area contributed by atoms with Gasteiger partial charge in [-0.05, 0) is 30.0 Å². The van der Waals surface area contributed by atoms with Gasteiger partial charge in [-0.15, -0.1) is 0 Å². The van der Waals surface area contributed by atoms with Crippen LogP contribution in [0.4, 0.5) is 0 Å². The van der Waals surface area contributed by atoms with Gasteiger partial charge in [0.25, 0.3) is 5.91 Å². The zero-order valence-electron chi connectivity index (χ0n) is 20.1. The molecule has 1 aliphatic heterocycles. The lowest BCUT2D eigenvalue weighted by Crippen LogP contribution is -2.53. The highest BCUT2D eigenvalue weighted by Gasteiger charge is 2.33. The van der Waals surface area contributed by atoms with E-state index in [1.807, 2.05) is 20.8 Å². The Labute approximate surface area is 203 Å². The Morgan fingerprint density at radius 2 is 1.74 bits per heavy atom. The molecule has 1 aromatic carbocycles. The highest BCUT2D eigenvalue weighted by atomic mass is 16.5. The van der Waals surface area contributed by atoms with E-state index >= 15 is 0 Å². The van der Waals surface area contributed by atoms with Crippen molar-refractivity contribution in [2.45, 2.75) is 52.2 Å². The minimum Gasteiger partial charge on any atom is -0.492 e. The largest absolute Gasteiger partial charge is 0.492 e. The normalized spacial score (nSPS) is 15.3. The van der Waals surface area contributed by atoms with Crippen molar-refractivity contribution in [2.24, 2.45) is 5.92 Å². The molecular formula is C25H30N6O4. The Kier molecular flexibility index (Phi) is 7.38. The minimum atomic E-state index is -0.766. The third kappa shape index (κ3) is 5.64. The summed E-state index contributed by atoms with van der Waals surface area (Å²) in [5, 5.41) is 13.0. The number of piperidine rings is 1. The average molecular weight is 479 g/mol. The molecule has 10 nitrogen and oxygen atoms in total. The SMILES string of the molecule is CCc1cnc(OC2CCN(C(=O)[C@@H](NC(=O)c3nc4ccccc4nc3O)C(C)C)CC2)nc1. The van der Waals surface area contributed by atoms with Gasteiger partial charge in [0.05, 0.1) is 11.0 Å². The number of carbonyl (C=O) groups is 2. The van der Waals surface area contributed by atoms with Gasteiger partial charge in [-0.25, -0.2) is 19.9 Å². The fourth-order valence-electron chi connectivity index (χ4n) is 3.99. The maximum Gasteiger partial charge on any atom is 0.316 e. The molecule has 0 saturated carbocycles. The van der Waals surface area contributed by atoms with Crippen LogP contribution in [0.3, 0.4) is 0 Å². The third-order valence-corrected chi connectivity index (χ3v) is 6.10. The monoisotopic (exact) mass is 478 g/mol. The Bertz CT molecular complexity index is 1190. The summed E-state index contributed by atoms with van der Waals surface area (Å²) in [6.07, 6.45) is 5.58. The van der Waals surface area contributed by atoms with E-state index in [9.17, 15) is 14.7 Å². The molecule has 1 saturated heterocycles. The minimum absolute atomic E-state index is 0.0801. The molecule has 2 aromatic heterocycles. The maximum absolute atomic E-state index is 13.3. The molecule has 0 unspecified atom stereocenters. The fraction of sp³-hybridized carbons (Fsp3) is 0.440. The summed E-state index contributed by atoms with van der Waals surface area (Å²) in [6.45, 7) is 6.76. The van der Waals surface area contributed by atoms with Gasteiger partial charge in [-0.3, -0.25) is 9.59 Å². The van der Waals surface area contributed by atoms with E-state index in [1.54, 1.807) is 41.6 Å². The number of aromatic hydroxyl groups is 1. The van der Waals surface area contributed by atoms with Crippen molar-refractivity contribution in [1.82, 2.24) is 30.2 Å². The first-order valence-electron chi connectivity index (χ1n) is 11.9. The van der Waals surface area contributed by atoms with E-state index in [2.05, 4.69) is 25.3 Å². The molecule has 0 bridgehead atoms. The molecule has 184 valence electrons. The number of amides is 2. The van der Waals surface area contributed by atoms with Gasteiger partial charge in [0.2, 0.25) is 11.8 Å². The molecule has 3 heterocycles. The van der Waals surface area contributed by atoms with E-state index in [0.717, 1.165) is 12.0 Å². The summed E-state index contributed by atoms with van der Waals surface area (Å²) >= 11 is 0. The van der Waals surface area contributed by atoms with Crippen LogP contribution in [0, 0.1) is 5.92 Å². The van der Waals surface area contributed by atoms with Crippen molar-refractivity contribution in [3.05, 3.63) is 47.9 Å². The fourth-order valence-corrected chi connectivity index (χ4v) is 3.99. The van der Waals surface area contributed by atoms with Crippen LogP contribution in [0.15, 0.2) is 36.7 Å². The molecule has 1 aliphatic rings. The maximum atomic E-state index is 13.3. The van der Waals surface area contributed by atoms with Crippen molar-refractivity contribution < 1.29 is 19.4 Å². The first-order chi connectivity index (χ1) is 16.9. The number of aromatic nitrogens is 4. The number of fused-ring (bicyclic) bond motifs is 1. The lowest BCUT2D eigenvalue weighted by Gasteiger charge is -2.35. The van der Waals surface area contributed by atoms with Crippen molar-refractivity contribution in [2.75, 3.05) is 13.1 Å². The molecule has 0 spiro atoms. The van der Waals surface area contributed by atoms with Gasteiger partial charge in [0.1, 0.15) is 12.1 Å². The highest BCUT2D eigenvalue weighted by molar-refractivity contribution is 5.99. The van der Waals surface area contributed by atoms with Gasteiger partial charge in [0.15, 0.2) is 5.69 Å². The lowest BCUT2D eigenvalue weighted by atomic mass is 10.00. The topological polar surface area (TPSA) is 130 Å². The Morgan fingerprint density at radius 3 is 2.34 bits per heavy atom. The standard InChI is InChI=1S/C25H30N6O4/c1-4-16-13-26-25(27-14-16)35-17-9-11-31(12-10-17)24(34)20(15(2)3)30-23(33)21-22(32)29-19-8-6-5-7-18(19)28-21/h5-8,13-15,17,20H,4,9-12H2,1-3H3,(H,29,32)(H,30,33)/t20-/m0/s1. The number of ether oxygens (including phenoxy) is 1. The van der Waals surface area contributed by atoms with Crippen molar-refractivity contribution in [1.29, 1.82) is 0 Å². The molecular weight excluding hydrogens is 448 g/mol. The first-order valence-corrected chi connectivity index (χ1v) is 11.9. The van der Waals surface area contributed by atoms with Crippen LogP contribution in [0.2, 0.25) is 0 Å². The summed E-state index contributed by atoms with van der Waals surface area (Å²) < 4.78 is 5.89. The predicted octanol–water partition coefficient (Wildman–Crippen LogP) is 2.51. The number of hydrogen-bond acceptors (Lipinski definition) is 8. The second kappa shape index (κ2) is 10.6. The summed E-state index contributed by atoms with van der Waals surface area (Å²) in [5.74, 6) is -1.45. The first kappa shape index (κ1) is 24.3. The number of para-hydroxylation sites is 2. The average Bonchev–Trinajstić information content (AvgIpc) is 2.87. The smallest absolute Gasteiger partial charge is 0.316 e. The van der Waals surface area contributed by atoms with Gasteiger partial charge in [-0.1, -0.05) is 32.9 Å². The molecule has 1 fully saturated rings. The van der Waals surface area contributed by atoms with E-state index in [-0.39, 0.29) is 23.6 Å². The zero-order chi connectivity index (χ0) is 24.9. The van der Waals surface area contributed by atoms with E-state index < -0.39 is 17.8 Å². The van der Waals surface area contributed by atoms with Gasteiger partial charge < -0.3 is 20.1 Å². The molecule has 0 aliphatic carbocycles. The van der Waals surface area contributed by atoms with Gasteiger partial charge in [0, 0.05) is 38.3 Å². The van der Waals surface area contributed by atoms with E-state index in [0.29, 0.717) is 43.0 Å². The number of nitrogens with one attached hydrogen (secondary N) is 1. The summed E-state index contributed by atoms with van der Waals surface area (Å²) in [5.41, 5.74) is 1.80. The van der Waals surface area contributed by atoms with Crippen LogP contribution < -0.4 is 10.1 Å². The summed E-state index contributed by atoms with van der Waals surface area (Å²) in [7, 11) is 0. The number of carbonyl (C=O) groups excluding carboxylic acids is 2. The van der Waals surface area contributed by atoms with Gasteiger partial charge >= 0.3 is 6.01 Å². The van der Waals surface area contributed by atoms with Crippen molar-refractivity contribution in [3.8, 4) is 11.9 Å². The van der Waals surface area contributed by atoms with Crippen LogP contribution in [-0.2, 0) is 11.2 Å². The van der Waals surface area contributed by atoms with Crippen LogP contribution >= 0.6 is 0 Å². The van der Waals surface area contributed by atoms with E-state index in [4.69, 9.17) is 4.74 Å². The molecule has 1 atom stereocenters. The summed E-state index contributed by atoms with van der Waals surface area (Å²) in [4.78, 5) is 44.7. The molecule has 10 heteroatoms. The van der Waals surface area contributed by atoms with Crippen LogP contribution in [0.25, 0.3) is 11.0 Å². The molecule has 35 heavy (non-hydrogen) atoms. The number of hydrogen-bond donors (Lipinski definition) is 2. The van der Waals surface area contributed by atoms with Crippen LogP contribution in [-0.4, -0.2) is 67.0 Å². The van der Waals surface area contributed by atoms with E-state index in [1.165, 1.54) is 0 Å². The highest BCUT2D eigenvalue weighted by Crippen LogP contribution is 2.20. The lowest BCUT2D eigenvalue weighted by molar-refractivity contribution is -0.136. The number of nitrogens with zero attached hydrogens (tertiary/aromatic N) is 5. The van der Waals surface area contributed by atoms with Gasteiger partial charge in [-0.2, -0.15) is 0 Å². The predicted molar refractivity (Wildman–Crippen MR) is 129 cm³/mol. The molecule has 4 rings (SSSR count). The second-order valence-electron chi connectivity index (χ2n) is 8.95. The number of likely N-dealkylation sites (tertiary alicyclic amines) is 1. The van der Waals surface area contributed by atoms with Crippen LogP contribution in [0.5, 0.6) is 11.9 Å². The number of benzene rings is 1. The quantitative estimate of drug-likeness (QED) is 0.530. The Morgan fingerprint density at radius 1 is 1.11 bits per heavy atom. The Hall–Kier alpha value is -3.82. The zero-order valence-corrected chi connectivity index (χ0v) is 20.1. The molecule has 2 N–H and O–H groups in total. The molecule has 0 radical (unpaired) electrons. The van der Waals surface area contributed by atoms with Crippen molar-refractivity contribution in [3.63, 3.8) is 0 Å². The number of rotatable bonds is 7. The summed E-state index contributed by atoms with van der Waals surface area (Å²) in [6, 6.07) is 6.53. The second-order valence-corrected chi connectivity index (χ2v) is 8.95. The molecule has 2 amide bonds. The van der Waals surface area contributed by atoms with Crippen LogP contribution in [0.1, 0.15) is 49.7 Å². The molecule has 3 aromatic rings.